The molecule has 0 saturated heterocycles. The summed E-state index contributed by atoms with van der Waals surface area (Å²) in [6.45, 7) is 11.5. The molecule has 3 nitrogen and oxygen atoms in total. The Bertz CT molecular complexity index is 2770. The first-order valence-corrected chi connectivity index (χ1v) is 20.2. The molecule has 1 unspecified atom stereocenters. The van der Waals surface area contributed by atoms with Crippen LogP contribution in [0.3, 0.4) is 0 Å². The first-order valence-electron chi connectivity index (χ1n) is 20.2. The van der Waals surface area contributed by atoms with Crippen molar-refractivity contribution in [3.8, 4) is 39.8 Å². The maximum atomic E-state index is 9.41. The number of ether oxygens (including phenoxy) is 1. The van der Waals surface area contributed by atoms with Crippen molar-refractivity contribution in [2.24, 2.45) is 10.9 Å². The topological polar surface area (TPSA) is 45.4 Å². The molecule has 2 aliphatic rings. The van der Waals surface area contributed by atoms with E-state index >= 15 is 0 Å². The molecule has 7 aromatic carbocycles. The van der Waals surface area contributed by atoms with E-state index in [2.05, 4.69) is 172 Å². The normalized spacial score (nSPS) is 14.2. The van der Waals surface area contributed by atoms with Gasteiger partial charge in [0.15, 0.2) is 0 Å². The molecular weight excluding hydrogens is 705 g/mol. The molecule has 0 saturated carbocycles. The Hall–Kier alpha value is -7.02. The summed E-state index contributed by atoms with van der Waals surface area (Å²) in [7, 11) is 0. The van der Waals surface area contributed by atoms with Crippen molar-refractivity contribution in [2.45, 2.75) is 39.0 Å². The Morgan fingerprint density at radius 1 is 0.621 bits per heavy atom. The fraction of sp³-hybridized carbons (Fsp3) is 0.127. The van der Waals surface area contributed by atoms with Crippen LogP contribution in [0.5, 0.6) is 11.5 Å². The van der Waals surface area contributed by atoms with Crippen molar-refractivity contribution in [1.82, 2.24) is 0 Å². The monoisotopic (exact) mass is 748 g/mol. The smallest absolute Gasteiger partial charge is 0.132 e. The van der Waals surface area contributed by atoms with E-state index in [1.165, 1.54) is 22.3 Å². The fourth-order valence-electron chi connectivity index (χ4n) is 9.01. The summed E-state index contributed by atoms with van der Waals surface area (Å²) in [5.74, 6) is 1.92. The number of para-hydroxylation sites is 1. The van der Waals surface area contributed by atoms with Gasteiger partial charge in [-0.15, -0.1) is 0 Å². The average molecular weight is 749 g/mol. The van der Waals surface area contributed by atoms with Crippen molar-refractivity contribution >= 4 is 17.0 Å². The molecule has 58 heavy (non-hydrogen) atoms. The van der Waals surface area contributed by atoms with Gasteiger partial charge in [0.1, 0.15) is 11.5 Å². The number of fused-ring (bicyclic) bond motifs is 9. The van der Waals surface area contributed by atoms with E-state index in [1.807, 2.05) is 24.3 Å². The van der Waals surface area contributed by atoms with Gasteiger partial charge in [0.25, 0.3) is 0 Å². The van der Waals surface area contributed by atoms with Crippen LogP contribution in [0, 0.1) is 17.2 Å². The van der Waals surface area contributed by atoms with Gasteiger partial charge >= 0.3 is 0 Å². The highest BCUT2D eigenvalue weighted by atomic mass is 16.5. The number of nitriles is 1. The van der Waals surface area contributed by atoms with Gasteiger partial charge in [-0.25, -0.2) is 0 Å². The summed E-state index contributed by atoms with van der Waals surface area (Å²) in [6, 6.07) is 62.0. The zero-order chi connectivity index (χ0) is 39.8. The highest BCUT2D eigenvalue weighted by molar-refractivity contribution is 6.06. The fourth-order valence-corrected chi connectivity index (χ4v) is 9.01. The minimum atomic E-state index is -0.597. The van der Waals surface area contributed by atoms with Gasteiger partial charge in [0.05, 0.1) is 28.5 Å². The van der Waals surface area contributed by atoms with Crippen LogP contribution < -0.4 is 4.74 Å². The SMILES string of the molecule is C=C(/C(CC)=C(\N=C(\c1ccccc1)C(C)CC)c1ccc2c(c1)C1(c3ccccc3O2)c2ccccc2-c2ccccc21)c1cccc(-c2ccc(C#N)cc2)c1. The van der Waals surface area contributed by atoms with Gasteiger partial charge in [-0.3, -0.25) is 4.99 Å². The Labute approximate surface area is 342 Å². The second-order valence-corrected chi connectivity index (χ2v) is 15.3. The first-order chi connectivity index (χ1) is 28.5. The molecule has 9 rings (SSSR count). The molecule has 0 bridgehead atoms. The van der Waals surface area contributed by atoms with Crippen molar-refractivity contribution in [3.63, 3.8) is 0 Å². The van der Waals surface area contributed by atoms with Crippen LogP contribution in [-0.4, -0.2) is 5.71 Å². The number of hydrogen-bond acceptors (Lipinski definition) is 3. The highest BCUT2D eigenvalue weighted by Gasteiger charge is 2.51. The van der Waals surface area contributed by atoms with Crippen LogP contribution >= 0.6 is 0 Å². The standard InChI is InChI=1S/C55H44N2O/c1-5-36(3)53(40-17-8-7-9-18-40)57-54(44(6-2)37(4)41-19-16-20-42(33-41)39-29-27-38(35-56)28-30-39)43-31-32-52-50(34-43)55(49-25-14-15-26-51(49)58-52)47-23-12-10-21-45(47)46-22-11-13-24-48(46)55/h7-34,36H,4-6H2,1-3H3/b54-44-,57-53+. The van der Waals surface area contributed by atoms with Gasteiger partial charge in [0.2, 0.25) is 0 Å². The van der Waals surface area contributed by atoms with Crippen LogP contribution in [-0.2, 0) is 5.41 Å². The minimum absolute atomic E-state index is 0.205. The number of benzene rings is 7. The third-order valence-electron chi connectivity index (χ3n) is 12.1. The van der Waals surface area contributed by atoms with Gasteiger partial charge in [-0.2, -0.15) is 5.26 Å². The van der Waals surface area contributed by atoms with E-state index in [0.717, 1.165) is 79.4 Å². The van der Waals surface area contributed by atoms with Crippen molar-refractivity contribution in [3.05, 3.63) is 227 Å². The molecule has 3 heteroatoms. The van der Waals surface area contributed by atoms with Crippen LogP contribution in [0.25, 0.3) is 33.5 Å². The third kappa shape index (κ3) is 6.01. The van der Waals surface area contributed by atoms with Gasteiger partial charge in [-0.05, 0) is 117 Å². The van der Waals surface area contributed by atoms with E-state index < -0.39 is 5.41 Å². The first kappa shape index (κ1) is 36.6. The van der Waals surface area contributed by atoms with Crippen LogP contribution in [0.1, 0.15) is 78.1 Å². The highest BCUT2D eigenvalue weighted by Crippen LogP contribution is 2.62. The number of hydrogen-bond donors (Lipinski definition) is 0. The second kappa shape index (κ2) is 15.1. The summed E-state index contributed by atoms with van der Waals surface area (Å²) in [5.41, 5.74) is 16.5. The van der Waals surface area contributed by atoms with Gasteiger partial charge in [0, 0.05) is 16.7 Å². The number of rotatable bonds is 9. The lowest BCUT2D eigenvalue weighted by molar-refractivity contribution is 0.436. The molecular formula is C55H44N2O. The van der Waals surface area contributed by atoms with E-state index in [9.17, 15) is 5.26 Å². The van der Waals surface area contributed by atoms with Gasteiger partial charge < -0.3 is 4.74 Å². The number of nitrogens with zero attached hydrogens (tertiary/aromatic N) is 2. The maximum absolute atomic E-state index is 9.41. The van der Waals surface area contributed by atoms with E-state index in [1.54, 1.807) is 0 Å². The molecule has 1 aliphatic carbocycles. The zero-order valence-electron chi connectivity index (χ0n) is 33.2. The molecule has 7 aromatic rings. The zero-order valence-corrected chi connectivity index (χ0v) is 33.2. The summed E-state index contributed by atoms with van der Waals surface area (Å²) < 4.78 is 6.82. The Kier molecular flexibility index (Phi) is 9.56. The molecule has 1 aliphatic heterocycles. The predicted octanol–water partition coefficient (Wildman–Crippen LogP) is 14.1. The van der Waals surface area contributed by atoms with Crippen LogP contribution in [0.4, 0.5) is 0 Å². The van der Waals surface area contributed by atoms with Gasteiger partial charge in [-0.1, -0.05) is 155 Å². The number of allylic oxidation sites excluding steroid dienone is 2. The molecule has 0 N–H and O–H groups in total. The largest absolute Gasteiger partial charge is 0.457 e. The minimum Gasteiger partial charge on any atom is -0.457 e. The molecule has 0 aromatic heterocycles. The van der Waals surface area contributed by atoms with Crippen molar-refractivity contribution in [1.29, 1.82) is 5.26 Å². The average Bonchev–Trinajstić information content (AvgIpc) is 3.58. The predicted molar refractivity (Wildman–Crippen MR) is 239 cm³/mol. The Morgan fingerprint density at radius 2 is 1.24 bits per heavy atom. The third-order valence-corrected chi connectivity index (χ3v) is 12.1. The summed E-state index contributed by atoms with van der Waals surface area (Å²) in [5, 5.41) is 9.41. The lowest BCUT2D eigenvalue weighted by atomic mass is 9.66. The lowest BCUT2D eigenvalue weighted by Gasteiger charge is -2.39. The van der Waals surface area contributed by atoms with E-state index in [0.29, 0.717) is 12.0 Å². The quantitative estimate of drug-likeness (QED) is 0.109. The Morgan fingerprint density at radius 3 is 1.91 bits per heavy atom. The summed E-state index contributed by atoms with van der Waals surface area (Å²) in [6.07, 6.45) is 1.66. The van der Waals surface area contributed by atoms with Crippen molar-refractivity contribution < 1.29 is 4.74 Å². The molecule has 1 atom stereocenters. The summed E-state index contributed by atoms with van der Waals surface area (Å²) in [4.78, 5) is 5.77. The van der Waals surface area contributed by atoms with E-state index in [4.69, 9.17) is 16.3 Å². The molecule has 0 amide bonds. The summed E-state index contributed by atoms with van der Waals surface area (Å²) >= 11 is 0. The molecule has 1 heterocycles. The number of aliphatic imine (C=N–C) groups is 1. The van der Waals surface area contributed by atoms with E-state index in [-0.39, 0.29) is 5.92 Å². The second-order valence-electron chi connectivity index (χ2n) is 15.3. The van der Waals surface area contributed by atoms with Crippen molar-refractivity contribution in [2.75, 3.05) is 0 Å². The molecule has 280 valence electrons. The Balaban J connectivity index is 1.30. The maximum Gasteiger partial charge on any atom is 0.132 e. The van der Waals surface area contributed by atoms with Crippen LogP contribution in [0.2, 0.25) is 0 Å². The molecule has 0 fully saturated rings. The molecule has 1 spiro atoms. The lowest BCUT2D eigenvalue weighted by Crippen LogP contribution is -2.32. The van der Waals surface area contributed by atoms with Crippen LogP contribution in [0.15, 0.2) is 187 Å². The molecule has 0 radical (unpaired) electrons.